The number of nitrogens with zero attached hydrogens (tertiary/aromatic N) is 4. The molecule has 2 N–H and O–H groups in total. The summed E-state index contributed by atoms with van der Waals surface area (Å²) in [6.45, 7) is 6.55. The molecule has 0 amide bonds. The third-order valence-electron chi connectivity index (χ3n) is 4.98. The predicted octanol–water partition coefficient (Wildman–Crippen LogP) is 3.16. The van der Waals surface area contributed by atoms with E-state index in [0.717, 1.165) is 34.9 Å². The molecule has 0 radical (unpaired) electrons. The highest BCUT2D eigenvalue weighted by Crippen LogP contribution is 2.20. The van der Waals surface area contributed by atoms with Gasteiger partial charge in [-0.25, -0.2) is 9.97 Å². The lowest BCUT2D eigenvalue weighted by atomic mass is 10.1. The van der Waals surface area contributed by atoms with Gasteiger partial charge >= 0.3 is 0 Å². The van der Waals surface area contributed by atoms with Crippen molar-refractivity contribution in [3.63, 3.8) is 0 Å². The van der Waals surface area contributed by atoms with Crippen molar-refractivity contribution in [1.82, 2.24) is 25.2 Å². The molecule has 0 unspecified atom stereocenters. The molecule has 0 aliphatic carbocycles. The lowest BCUT2D eigenvalue weighted by Crippen LogP contribution is -2.36. The van der Waals surface area contributed by atoms with Crippen LogP contribution in [0.5, 0.6) is 5.75 Å². The fraction of sp³-hybridized carbons (Fsp3) is 0.375. The van der Waals surface area contributed by atoms with Gasteiger partial charge in [0.1, 0.15) is 17.4 Å². The Balaban J connectivity index is 1.53. The minimum Gasteiger partial charge on any atom is -0.493 e. The number of aliphatic imine (C=N–C) groups is 1. The number of pyridine rings is 1. The smallest absolute Gasteiger partial charge is 0.191 e. The maximum absolute atomic E-state index is 5.97. The monoisotopic (exact) mass is 436 g/mol. The number of hydrogen-bond acceptors (Lipinski definition) is 5. The lowest BCUT2D eigenvalue weighted by Gasteiger charge is -2.15. The predicted molar refractivity (Wildman–Crippen MR) is 126 cm³/mol. The Bertz CT molecular complexity index is 1010. The number of aryl methyl sites for hydroxylation is 2. The summed E-state index contributed by atoms with van der Waals surface area (Å²) in [6.07, 6.45) is 6.39. The van der Waals surface area contributed by atoms with Crippen LogP contribution in [-0.4, -0.2) is 47.9 Å². The van der Waals surface area contributed by atoms with Gasteiger partial charge in [-0.05, 0) is 37.1 Å². The number of nitrogens with one attached hydrogen (secondary N) is 2. The summed E-state index contributed by atoms with van der Waals surface area (Å²) in [6, 6.07) is 10.3. The van der Waals surface area contributed by atoms with Crippen LogP contribution in [0.1, 0.15) is 28.9 Å². The van der Waals surface area contributed by atoms with E-state index in [1.165, 1.54) is 5.56 Å². The highest BCUT2D eigenvalue weighted by atomic mass is 16.5. The number of benzene rings is 1. The van der Waals surface area contributed by atoms with Crippen molar-refractivity contribution < 1.29 is 9.47 Å². The molecular formula is C24H32N6O2. The van der Waals surface area contributed by atoms with Crippen molar-refractivity contribution in [2.45, 2.75) is 33.4 Å². The average Bonchev–Trinajstić information content (AvgIpc) is 3.24. The Morgan fingerprint density at radius 1 is 1.06 bits per heavy atom. The molecule has 8 nitrogen and oxygen atoms in total. The van der Waals surface area contributed by atoms with E-state index >= 15 is 0 Å². The van der Waals surface area contributed by atoms with E-state index in [1.54, 1.807) is 20.4 Å². The molecule has 3 rings (SSSR count). The number of guanidine groups is 1. The second-order valence-electron chi connectivity index (χ2n) is 7.45. The first kappa shape index (κ1) is 23.3. The summed E-state index contributed by atoms with van der Waals surface area (Å²) < 4.78 is 13.0. The Kier molecular flexibility index (Phi) is 8.62. The first-order valence-electron chi connectivity index (χ1n) is 10.7. The van der Waals surface area contributed by atoms with E-state index in [1.807, 2.05) is 36.0 Å². The third-order valence-corrected chi connectivity index (χ3v) is 4.98. The Morgan fingerprint density at radius 2 is 1.91 bits per heavy atom. The third kappa shape index (κ3) is 6.55. The molecule has 0 aliphatic heterocycles. The van der Waals surface area contributed by atoms with Gasteiger partial charge in [-0.3, -0.25) is 9.56 Å². The summed E-state index contributed by atoms with van der Waals surface area (Å²) in [5.74, 6) is 3.36. The first-order chi connectivity index (χ1) is 15.6. The minimum atomic E-state index is 0.608. The van der Waals surface area contributed by atoms with Gasteiger partial charge in [0, 0.05) is 64.4 Å². The molecule has 8 heteroatoms. The van der Waals surface area contributed by atoms with Crippen molar-refractivity contribution in [3.8, 4) is 11.6 Å². The quantitative estimate of drug-likeness (QED) is 0.288. The first-order valence-corrected chi connectivity index (χ1v) is 10.7. The van der Waals surface area contributed by atoms with Crippen molar-refractivity contribution in [1.29, 1.82) is 0 Å². The molecule has 0 saturated heterocycles. The standard InChI is InChI=1S/C24H32N6O2/c1-18-6-8-21(22(14-18)32-13-5-12-31-4)17-29-24(25-3)28-16-20-7-9-23(27-15-20)30-11-10-26-19(30)2/h6-11,14-15H,5,12-13,16-17H2,1-4H3,(H2,25,28,29). The van der Waals surface area contributed by atoms with Crippen molar-refractivity contribution in [3.05, 3.63) is 71.4 Å². The molecule has 32 heavy (non-hydrogen) atoms. The molecule has 0 atom stereocenters. The van der Waals surface area contributed by atoms with Crippen molar-refractivity contribution >= 4 is 5.96 Å². The van der Waals surface area contributed by atoms with Crippen LogP contribution in [0.25, 0.3) is 5.82 Å². The van der Waals surface area contributed by atoms with Crippen LogP contribution in [0.2, 0.25) is 0 Å². The maximum Gasteiger partial charge on any atom is 0.191 e. The van der Waals surface area contributed by atoms with E-state index in [0.29, 0.717) is 32.3 Å². The highest BCUT2D eigenvalue weighted by molar-refractivity contribution is 5.79. The summed E-state index contributed by atoms with van der Waals surface area (Å²) >= 11 is 0. The molecule has 0 saturated carbocycles. The number of aromatic nitrogens is 3. The second-order valence-corrected chi connectivity index (χ2v) is 7.45. The van der Waals surface area contributed by atoms with Gasteiger partial charge in [-0.15, -0.1) is 0 Å². The number of imidazole rings is 1. The summed E-state index contributed by atoms with van der Waals surface area (Å²) in [5.41, 5.74) is 3.31. The zero-order valence-corrected chi connectivity index (χ0v) is 19.3. The summed E-state index contributed by atoms with van der Waals surface area (Å²) in [7, 11) is 3.46. The van der Waals surface area contributed by atoms with Gasteiger partial charge in [0.05, 0.1) is 6.61 Å². The molecule has 1 aromatic carbocycles. The molecular weight excluding hydrogens is 404 g/mol. The van der Waals surface area contributed by atoms with Crippen LogP contribution >= 0.6 is 0 Å². The topological polar surface area (TPSA) is 85.6 Å². The molecule has 0 aliphatic rings. The molecule has 170 valence electrons. The Morgan fingerprint density at radius 3 is 2.59 bits per heavy atom. The number of methoxy groups -OCH3 is 1. The fourth-order valence-electron chi connectivity index (χ4n) is 3.20. The van der Waals surface area contributed by atoms with Crippen LogP contribution in [-0.2, 0) is 17.8 Å². The second kappa shape index (κ2) is 11.9. The maximum atomic E-state index is 5.97. The number of ether oxygens (including phenoxy) is 2. The minimum absolute atomic E-state index is 0.608. The van der Waals surface area contributed by atoms with Crippen LogP contribution in [0.15, 0.2) is 53.9 Å². The van der Waals surface area contributed by atoms with E-state index < -0.39 is 0 Å². The van der Waals surface area contributed by atoms with Gasteiger partial charge < -0.3 is 20.1 Å². The van der Waals surface area contributed by atoms with Crippen molar-refractivity contribution in [2.75, 3.05) is 27.4 Å². The molecule has 2 aromatic heterocycles. The van der Waals surface area contributed by atoms with Gasteiger partial charge in [-0.1, -0.05) is 18.2 Å². The SMILES string of the molecule is CN=C(NCc1ccc(-n2ccnc2C)nc1)NCc1ccc(C)cc1OCCCOC. The average molecular weight is 437 g/mol. The molecule has 3 aromatic rings. The highest BCUT2D eigenvalue weighted by Gasteiger charge is 2.07. The van der Waals surface area contributed by atoms with Gasteiger partial charge in [-0.2, -0.15) is 0 Å². The van der Waals surface area contributed by atoms with Crippen LogP contribution in [0.3, 0.4) is 0 Å². The zero-order valence-electron chi connectivity index (χ0n) is 19.3. The normalized spacial score (nSPS) is 11.4. The number of hydrogen-bond donors (Lipinski definition) is 2. The van der Waals surface area contributed by atoms with E-state index in [9.17, 15) is 0 Å². The largest absolute Gasteiger partial charge is 0.493 e. The number of rotatable bonds is 10. The van der Waals surface area contributed by atoms with Crippen LogP contribution < -0.4 is 15.4 Å². The zero-order chi connectivity index (χ0) is 22.8. The van der Waals surface area contributed by atoms with Crippen LogP contribution in [0, 0.1) is 13.8 Å². The van der Waals surface area contributed by atoms with E-state index in [4.69, 9.17) is 9.47 Å². The summed E-state index contributed by atoms with van der Waals surface area (Å²) in [4.78, 5) is 13.1. The van der Waals surface area contributed by atoms with Gasteiger partial charge in [0.2, 0.25) is 0 Å². The lowest BCUT2D eigenvalue weighted by molar-refractivity contribution is 0.171. The van der Waals surface area contributed by atoms with Gasteiger partial charge in [0.15, 0.2) is 5.96 Å². The Hall–Kier alpha value is -3.39. The molecule has 2 heterocycles. The molecule has 0 fully saturated rings. The van der Waals surface area contributed by atoms with E-state index in [-0.39, 0.29) is 0 Å². The van der Waals surface area contributed by atoms with E-state index in [2.05, 4.69) is 50.7 Å². The van der Waals surface area contributed by atoms with Crippen molar-refractivity contribution in [2.24, 2.45) is 4.99 Å². The fourth-order valence-corrected chi connectivity index (χ4v) is 3.20. The summed E-state index contributed by atoms with van der Waals surface area (Å²) in [5, 5.41) is 6.69. The van der Waals surface area contributed by atoms with Crippen LogP contribution in [0.4, 0.5) is 0 Å². The Labute approximate surface area is 189 Å². The van der Waals surface area contributed by atoms with Gasteiger partial charge in [0.25, 0.3) is 0 Å². The molecule has 0 spiro atoms. The molecule has 0 bridgehead atoms.